The summed E-state index contributed by atoms with van der Waals surface area (Å²) in [6, 6.07) is 7.66. The van der Waals surface area contributed by atoms with Gasteiger partial charge in [0.05, 0.1) is 5.56 Å². The summed E-state index contributed by atoms with van der Waals surface area (Å²) in [5.41, 5.74) is 3.45. The average Bonchev–Trinajstić information content (AvgIpc) is 3.41. The molecular weight excluding hydrogens is 598 g/mol. The maximum atomic E-state index is 13.8. The fourth-order valence-electron chi connectivity index (χ4n) is 13.9. The number of carbonyl (C=O) groups excluding carboxylic acids is 2. The van der Waals surface area contributed by atoms with Crippen molar-refractivity contribution in [2.75, 3.05) is 19.6 Å². The molecule has 48 heavy (non-hydrogen) atoms. The number of allylic oxidation sites excluding steroid dienone is 1. The van der Waals surface area contributed by atoms with Gasteiger partial charge in [-0.3, -0.25) is 4.79 Å². The van der Waals surface area contributed by atoms with E-state index in [2.05, 4.69) is 70.9 Å². The number of carboxylic acid groups (broad SMARTS) is 1. The van der Waals surface area contributed by atoms with Crippen molar-refractivity contribution in [1.29, 1.82) is 0 Å². The Hall–Kier alpha value is -2.83. The Bertz CT molecular complexity index is 1500. The third-order valence-electron chi connectivity index (χ3n) is 16.3. The van der Waals surface area contributed by atoms with Gasteiger partial charge >= 0.3 is 12.0 Å². The van der Waals surface area contributed by atoms with Crippen LogP contribution in [0.5, 0.6) is 0 Å². The molecule has 262 valence electrons. The molecule has 0 spiro atoms. The zero-order valence-electron chi connectivity index (χ0n) is 30.3. The van der Waals surface area contributed by atoms with Crippen molar-refractivity contribution in [1.82, 2.24) is 15.5 Å². The van der Waals surface area contributed by atoms with Crippen molar-refractivity contribution in [3.05, 3.63) is 47.5 Å². The van der Waals surface area contributed by atoms with E-state index in [1.807, 2.05) is 0 Å². The van der Waals surface area contributed by atoms with Crippen molar-refractivity contribution in [3.63, 3.8) is 0 Å². The Labute approximate surface area is 288 Å². The monoisotopic (exact) mass is 657 g/mol. The first kappa shape index (κ1) is 33.7. The first-order valence-corrected chi connectivity index (χ1v) is 18.9. The second-order valence-corrected chi connectivity index (χ2v) is 18.4. The number of nitrogens with zero attached hydrogens (tertiary/aromatic N) is 1. The minimum atomic E-state index is -0.863. The Morgan fingerprint density at radius 1 is 0.896 bits per heavy atom. The van der Waals surface area contributed by atoms with Crippen molar-refractivity contribution >= 4 is 17.9 Å². The largest absolute Gasteiger partial charge is 0.478 e. The summed E-state index contributed by atoms with van der Waals surface area (Å²) < 4.78 is 0. The predicted molar refractivity (Wildman–Crippen MR) is 189 cm³/mol. The average molecular weight is 658 g/mol. The number of hydrogen-bond donors (Lipinski definition) is 3. The molecule has 1 unspecified atom stereocenters. The van der Waals surface area contributed by atoms with Crippen LogP contribution in [0.15, 0.2) is 36.4 Å². The van der Waals surface area contributed by atoms with E-state index in [-0.39, 0.29) is 45.7 Å². The summed E-state index contributed by atoms with van der Waals surface area (Å²) in [7, 11) is 0. The van der Waals surface area contributed by atoms with E-state index < -0.39 is 5.97 Å². The molecule has 6 aliphatic rings. The first-order valence-electron chi connectivity index (χ1n) is 18.9. The number of piperazine rings is 1. The molecule has 1 heterocycles. The van der Waals surface area contributed by atoms with Gasteiger partial charge in [-0.25, -0.2) is 9.59 Å². The van der Waals surface area contributed by atoms with E-state index >= 15 is 0 Å². The van der Waals surface area contributed by atoms with Gasteiger partial charge in [-0.05, 0) is 146 Å². The lowest BCUT2D eigenvalue weighted by atomic mass is 9.32. The highest BCUT2D eigenvalue weighted by Crippen LogP contribution is 2.77. The summed E-state index contributed by atoms with van der Waals surface area (Å²) in [5.74, 6) is 2.06. The summed E-state index contributed by atoms with van der Waals surface area (Å²) in [6.07, 6.45) is 11.5. The van der Waals surface area contributed by atoms with Crippen LogP contribution in [-0.4, -0.2) is 53.1 Å². The fourth-order valence-corrected chi connectivity index (χ4v) is 13.9. The number of amides is 3. The number of rotatable bonds is 4. The Morgan fingerprint density at radius 3 is 2.29 bits per heavy atom. The molecule has 3 amide bonds. The minimum absolute atomic E-state index is 0.0645. The number of hydrogen-bond acceptors (Lipinski definition) is 3. The second kappa shape index (κ2) is 11.3. The van der Waals surface area contributed by atoms with Gasteiger partial charge < -0.3 is 20.6 Å². The SMILES string of the molecule is C=C(C)[C@@H]1CC[C@]2(NC(=O)N3CCNC(=O)C3)CC[C@]3(C)[C@H](CC[C@@H]4[C@@]5(C)CCC(c6ccc(C(=O)O)cc6)C(C)(C)[C@@H]5CC[C@]43C)[C@@H]12. The number of carbonyl (C=O) groups is 3. The normalized spacial score (nSPS) is 43.1. The number of carboxylic acids is 1. The Morgan fingerprint density at radius 2 is 1.62 bits per heavy atom. The fraction of sp³-hybridized carbons (Fsp3) is 0.732. The van der Waals surface area contributed by atoms with Crippen LogP contribution >= 0.6 is 0 Å². The van der Waals surface area contributed by atoms with E-state index in [1.165, 1.54) is 43.2 Å². The topological polar surface area (TPSA) is 98.7 Å². The minimum Gasteiger partial charge on any atom is -0.478 e. The molecule has 7 nitrogen and oxygen atoms in total. The van der Waals surface area contributed by atoms with Crippen molar-refractivity contribution < 1.29 is 19.5 Å². The molecule has 5 saturated carbocycles. The highest BCUT2D eigenvalue weighted by atomic mass is 16.4. The standard InChI is InChI=1S/C41H59N3O4/c1-25(2)28-14-19-41(43-36(48)44-23-22-42-33(45)24-44)21-20-39(6)30(34(28)41)12-13-32-38(5)17-15-29(26-8-10-27(11-9-26)35(46)47)37(3,4)31(38)16-18-40(32,39)7/h8-11,28-32,34H,1,12-24H2,2-7H3,(H,42,45)(H,43,48)(H,46,47)/t28-,29?,30+,31-,32+,34+,38-,39+,40+,41-/m0/s1. The maximum Gasteiger partial charge on any atom is 0.335 e. The Kier molecular flexibility index (Phi) is 7.96. The lowest BCUT2D eigenvalue weighted by Gasteiger charge is -2.73. The summed E-state index contributed by atoms with van der Waals surface area (Å²) >= 11 is 0. The van der Waals surface area contributed by atoms with Gasteiger partial charge in [0.2, 0.25) is 5.91 Å². The van der Waals surface area contributed by atoms with Crippen LogP contribution in [0.3, 0.4) is 0 Å². The molecule has 3 N–H and O–H groups in total. The van der Waals surface area contributed by atoms with E-state index in [9.17, 15) is 19.5 Å². The molecule has 1 aliphatic heterocycles. The zero-order valence-corrected chi connectivity index (χ0v) is 30.3. The van der Waals surface area contributed by atoms with Crippen molar-refractivity contribution in [2.45, 2.75) is 117 Å². The number of urea groups is 1. The number of fused-ring (bicyclic) bond motifs is 7. The predicted octanol–water partition coefficient (Wildman–Crippen LogP) is 8.02. The van der Waals surface area contributed by atoms with Gasteiger partial charge in [-0.1, -0.05) is 58.9 Å². The molecule has 6 fully saturated rings. The van der Waals surface area contributed by atoms with Gasteiger partial charge in [-0.2, -0.15) is 0 Å². The molecule has 7 heteroatoms. The smallest absolute Gasteiger partial charge is 0.335 e. The van der Waals surface area contributed by atoms with E-state index in [4.69, 9.17) is 0 Å². The quantitative estimate of drug-likeness (QED) is 0.286. The van der Waals surface area contributed by atoms with Crippen LogP contribution in [0.4, 0.5) is 4.79 Å². The third kappa shape index (κ3) is 4.75. The molecule has 1 aromatic carbocycles. The van der Waals surface area contributed by atoms with Crippen LogP contribution in [0.2, 0.25) is 0 Å². The molecule has 1 aromatic rings. The Balaban J connectivity index is 1.18. The molecule has 7 rings (SSSR count). The van der Waals surface area contributed by atoms with Gasteiger partial charge in [0.25, 0.3) is 0 Å². The third-order valence-corrected chi connectivity index (χ3v) is 16.3. The summed E-state index contributed by atoms with van der Waals surface area (Å²) in [5, 5.41) is 16.0. The van der Waals surface area contributed by atoms with Crippen LogP contribution < -0.4 is 10.6 Å². The molecule has 0 aromatic heterocycles. The van der Waals surface area contributed by atoms with Gasteiger partial charge in [0.15, 0.2) is 0 Å². The zero-order chi connectivity index (χ0) is 34.4. The lowest BCUT2D eigenvalue weighted by molar-refractivity contribution is -0.233. The molecule has 0 radical (unpaired) electrons. The van der Waals surface area contributed by atoms with Crippen molar-refractivity contribution in [3.8, 4) is 0 Å². The molecule has 5 aliphatic carbocycles. The molecule has 0 bridgehead atoms. The summed E-state index contributed by atoms with van der Waals surface area (Å²) in [6.45, 7) is 20.9. The van der Waals surface area contributed by atoms with Crippen LogP contribution in [-0.2, 0) is 4.79 Å². The van der Waals surface area contributed by atoms with E-state index in [0.717, 1.165) is 32.1 Å². The van der Waals surface area contributed by atoms with Crippen molar-refractivity contribution in [2.24, 2.45) is 51.2 Å². The first-order chi connectivity index (χ1) is 22.6. The van der Waals surface area contributed by atoms with Crippen LogP contribution in [0, 0.1) is 51.2 Å². The molecular formula is C41H59N3O4. The maximum absolute atomic E-state index is 13.8. The number of nitrogens with one attached hydrogen (secondary N) is 2. The van der Waals surface area contributed by atoms with Crippen LogP contribution in [0.1, 0.15) is 128 Å². The van der Waals surface area contributed by atoms with E-state index in [1.54, 1.807) is 17.0 Å². The molecule has 10 atom stereocenters. The summed E-state index contributed by atoms with van der Waals surface area (Å²) in [4.78, 5) is 39.2. The number of benzene rings is 1. The molecule has 1 saturated heterocycles. The number of aromatic carboxylic acids is 1. The van der Waals surface area contributed by atoms with Gasteiger partial charge in [-0.15, -0.1) is 0 Å². The van der Waals surface area contributed by atoms with E-state index in [0.29, 0.717) is 54.2 Å². The van der Waals surface area contributed by atoms with Gasteiger partial charge in [0.1, 0.15) is 6.54 Å². The van der Waals surface area contributed by atoms with Gasteiger partial charge in [0, 0.05) is 18.6 Å². The second-order valence-electron chi connectivity index (χ2n) is 18.4. The lowest BCUT2D eigenvalue weighted by Crippen LogP contribution is -2.69. The highest BCUT2D eigenvalue weighted by Gasteiger charge is 2.71. The highest BCUT2D eigenvalue weighted by molar-refractivity contribution is 5.87. The van der Waals surface area contributed by atoms with Crippen LogP contribution in [0.25, 0.3) is 0 Å².